The van der Waals surface area contributed by atoms with E-state index >= 15 is 0 Å². The number of nitrogens with one attached hydrogen (secondary N) is 1. The van der Waals surface area contributed by atoms with Crippen LogP contribution in [-0.2, 0) is 23.1 Å². The average Bonchev–Trinajstić information content (AvgIpc) is 3.03. The minimum Gasteiger partial charge on any atom is -0.495 e. The molecule has 0 atom stereocenters. The second-order valence-electron chi connectivity index (χ2n) is 7.04. The minimum absolute atomic E-state index is 0.0441. The molecule has 7 nitrogen and oxygen atoms in total. The van der Waals surface area contributed by atoms with Gasteiger partial charge in [-0.2, -0.15) is 0 Å². The van der Waals surface area contributed by atoms with Crippen LogP contribution < -0.4 is 9.46 Å². The topological polar surface area (TPSA) is 92.8 Å². The number of carbonyl (C=O) groups excluding carboxylic acids is 2. The molecule has 0 unspecified atom stereocenters. The van der Waals surface area contributed by atoms with Crippen LogP contribution in [0.2, 0.25) is 0 Å². The maximum atomic E-state index is 12.9. The van der Waals surface area contributed by atoms with Crippen LogP contribution in [0.25, 0.3) is 0 Å². The van der Waals surface area contributed by atoms with Crippen LogP contribution in [0.4, 0.5) is 0 Å². The Morgan fingerprint density at radius 3 is 2.06 bits per heavy atom. The Bertz CT molecular complexity index is 1220. The Hall–Kier alpha value is -3.49. The second kappa shape index (κ2) is 8.33. The fourth-order valence-electron chi connectivity index (χ4n) is 3.45. The number of benzene rings is 3. The molecule has 31 heavy (non-hydrogen) atoms. The number of rotatable bonds is 7. The molecular weight excluding hydrogens is 416 g/mol. The van der Waals surface area contributed by atoms with Gasteiger partial charge in [-0.1, -0.05) is 48.5 Å². The summed E-state index contributed by atoms with van der Waals surface area (Å²) in [4.78, 5) is 26.3. The normalized spacial score (nSPS) is 13.4. The first-order valence-corrected chi connectivity index (χ1v) is 11.0. The number of amides is 2. The Balaban J connectivity index is 1.59. The second-order valence-corrected chi connectivity index (χ2v) is 8.77. The van der Waals surface area contributed by atoms with Crippen molar-refractivity contribution in [3.05, 3.63) is 95.1 Å². The molecule has 1 heterocycles. The molecule has 0 spiro atoms. The van der Waals surface area contributed by atoms with Gasteiger partial charge in [0.1, 0.15) is 10.6 Å². The van der Waals surface area contributed by atoms with E-state index in [1.165, 1.54) is 19.2 Å². The van der Waals surface area contributed by atoms with Gasteiger partial charge >= 0.3 is 0 Å². The summed E-state index contributed by atoms with van der Waals surface area (Å²) in [7, 11) is -2.52. The highest BCUT2D eigenvalue weighted by Gasteiger charge is 2.35. The lowest BCUT2D eigenvalue weighted by Crippen LogP contribution is -2.29. The van der Waals surface area contributed by atoms with Gasteiger partial charge in [-0.15, -0.1) is 0 Å². The smallest absolute Gasteiger partial charge is 0.261 e. The lowest BCUT2D eigenvalue weighted by atomic mass is 10.1. The Labute approximate surface area is 180 Å². The highest BCUT2D eigenvalue weighted by atomic mass is 32.2. The van der Waals surface area contributed by atoms with E-state index in [1.54, 1.807) is 30.3 Å². The van der Waals surface area contributed by atoms with Crippen molar-refractivity contribution < 1.29 is 22.7 Å². The quantitative estimate of drug-likeness (QED) is 0.575. The number of ether oxygens (including phenoxy) is 1. The Morgan fingerprint density at radius 2 is 1.45 bits per heavy atom. The third-order valence-electron chi connectivity index (χ3n) is 5.05. The van der Waals surface area contributed by atoms with E-state index in [0.29, 0.717) is 16.7 Å². The highest BCUT2D eigenvalue weighted by Crippen LogP contribution is 2.28. The maximum Gasteiger partial charge on any atom is 0.261 e. The molecule has 4 rings (SSSR count). The van der Waals surface area contributed by atoms with Crippen molar-refractivity contribution in [2.24, 2.45) is 0 Å². The predicted octanol–water partition coefficient (Wildman–Crippen LogP) is 2.97. The van der Waals surface area contributed by atoms with Gasteiger partial charge in [0.25, 0.3) is 11.8 Å². The standard InChI is InChI=1S/C23H20N2O5S/c1-30-20-12-11-17(15-25-22(26)18-9-5-6-10-19(18)23(25)27)13-21(20)31(28,29)24-14-16-7-3-2-4-8-16/h2-13,24H,14-15H2,1H3. The molecule has 3 aromatic rings. The van der Waals surface area contributed by atoms with Gasteiger partial charge in [0, 0.05) is 6.54 Å². The van der Waals surface area contributed by atoms with Crippen molar-refractivity contribution >= 4 is 21.8 Å². The van der Waals surface area contributed by atoms with Crippen LogP contribution in [0, 0.1) is 0 Å². The van der Waals surface area contributed by atoms with Gasteiger partial charge in [-0.3, -0.25) is 14.5 Å². The van der Waals surface area contributed by atoms with Crippen molar-refractivity contribution in [1.82, 2.24) is 9.62 Å². The van der Waals surface area contributed by atoms with Gasteiger partial charge in [-0.05, 0) is 35.4 Å². The summed E-state index contributed by atoms with van der Waals surface area (Å²) in [6.07, 6.45) is 0. The third-order valence-corrected chi connectivity index (χ3v) is 6.47. The summed E-state index contributed by atoms with van der Waals surface area (Å²) >= 11 is 0. The highest BCUT2D eigenvalue weighted by molar-refractivity contribution is 7.89. The fourth-order valence-corrected chi connectivity index (χ4v) is 4.68. The summed E-state index contributed by atoms with van der Waals surface area (Å²) in [6, 6.07) is 20.3. The molecule has 1 aliphatic rings. The fraction of sp³-hybridized carbons (Fsp3) is 0.130. The summed E-state index contributed by atoms with van der Waals surface area (Å²) < 4.78 is 33.7. The van der Waals surface area contributed by atoms with Gasteiger partial charge < -0.3 is 4.74 Å². The molecule has 0 radical (unpaired) electrons. The third kappa shape index (κ3) is 4.08. The molecule has 0 aromatic heterocycles. The van der Waals surface area contributed by atoms with Crippen molar-refractivity contribution in [2.75, 3.05) is 7.11 Å². The number of sulfonamides is 1. The van der Waals surface area contributed by atoms with Crippen molar-refractivity contribution in [1.29, 1.82) is 0 Å². The van der Waals surface area contributed by atoms with Gasteiger partial charge in [0.15, 0.2) is 0 Å². The number of carbonyl (C=O) groups is 2. The molecule has 2 amide bonds. The zero-order valence-corrected chi connectivity index (χ0v) is 17.6. The van der Waals surface area contributed by atoms with Crippen molar-refractivity contribution in [2.45, 2.75) is 18.0 Å². The summed E-state index contributed by atoms with van der Waals surface area (Å²) in [5.41, 5.74) is 2.00. The molecular formula is C23H20N2O5S. The van der Waals surface area contributed by atoms with Crippen LogP contribution in [-0.4, -0.2) is 32.2 Å². The summed E-state index contributed by atoms with van der Waals surface area (Å²) in [5, 5.41) is 0. The first-order valence-electron chi connectivity index (χ1n) is 9.56. The van der Waals surface area contributed by atoms with Crippen LogP contribution in [0.5, 0.6) is 5.75 Å². The van der Waals surface area contributed by atoms with E-state index in [4.69, 9.17) is 4.74 Å². The number of hydrogen-bond donors (Lipinski definition) is 1. The first-order chi connectivity index (χ1) is 14.9. The molecule has 0 saturated heterocycles. The van der Waals surface area contributed by atoms with Crippen LogP contribution in [0.15, 0.2) is 77.7 Å². The summed E-state index contributed by atoms with van der Waals surface area (Å²) in [6.45, 7) is 0.0759. The Morgan fingerprint density at radius 1 is 0.839 bits per heavy atom. The lowest BCUT2D eigenvalue weighted by Gasteiger charge is -2.16. The SMILES string of the molecule is COc1ccc(CN2C(=O)c3ccccc3C2=O)cc1S(=O)(=O)NCc1ccccc1. The predicted molar refractivity (Wildman–Crippen MR) is 114 cm³/mol. The van der Waals surface area contributed by atoms with Crippen LogP contribution in [0.3, 0.4) is 0 Å². The molecule has 0 fully saturated rings. The van der Waals surface area contributed by atoms with Crippen molar-refractivity contribution in [3.63, 3.8) is 0 Å². The largest absolute Gasteiger partial charge is 0.495 e. The lowest BCUT2D eigenvalue weighted by molar-refractivity contribution is 0.0642. The zero-order valence-electron chi connectivity index (χ0n) is 16.7. The monoisotopic (exact) mass is 436 g/mol. The first kappa shape index (κ1) is 20.8. The molecule has 1 N–H and O–H groups in total. The van der Waals surface area contributed by atoms with E-state index in [2.05, 4.69) is 4.72 Å². The van der Waals surface area contributed by atoms with E-state index < -0.39 is 21.8 Å². The molecule has 0 saturated carbocycles. The van der Waals surface area contributed by atoms with E-state index in [0.717, 1.165) is 10.5 Å². The van der Waals surface area contributed by atoms with Crippen LogP contribution >= 0.6 is 0 Å². The maximum absolute atomic E-state index is 12.9. The average molecular weight is 436 g/mol. The van der Waals surface area contributed by atoms with Gasteiger partial charge in [0.2, 0.25) is 10.0 Å². The molecule has 158 valence electrons. The van der Waals surface area contributed by atoms with E-state index in [1.807, 2.05) is 30.3 Å². The number of nitrogens with zero attached hydrogens (tertiary/aromatic N) is 1. The van der Waals surface area contributed by atoms with Crippen LogP contribution in [0.1, 0.15) is 31.8 Å². The molecule has 8 heteroatoms. The number of fused-ring (bicyclic) bond motifs is 1. The molecule has 1 aliphatic heterocycles. The number of imide groups is 1. The van der Waals surface area contributed by atoms with Gasteiger partial charge in [0.05, 0.1) is 24.8 Å². The molecule has 3 aromatic carbocycles. The summed E-state index contributed by atoms with van der Waals surface area (Å²) in [5.74, 6) is -0.627. The Kier molecular flexibility index (Phi) is 5.58. The molecule has 0 aliphatic carbocycles. The van der Waals surface area contributed by atoms with Crippen molar-refractivity contribution in [3.8, 4) is 5.75 Å². The van der Waals surface area contributed by atoms with Gasteiger partial charge in [-0.25, -0.2) is 13.1 Å². The zero-order chi connectivity index (χ0) is 22.0. The molecule has 0 bridgehead atoms. The minimum atomic E-state index is -3.90. The number of methoxy groups -OCH3 is 1. The van der Waals surface area contributed by atoms with E-state index in [-0.39, 0.29) is 23.7 Å². The van der Waals surface area contributed by atoms with E-state index in [9.17, 15) is 18.0 Å². The number of hydrogen-bond acceptors (Lipinski definition) is 5.